The van der Waals surface area contributed by atoms with Crippen LogP contribution in [0.1, 0.15) is 18.6 Å². The van der Waals surface area contributed by atoms with Gasteiger partial charge in [-0.25, -0.2) is 8.42 Å². The molecule has 16 heavy (non-hydrogen) atoms. The Morgan fingerprint density at radius 1 is 1.44 bits per heavy atom. The van der Waals surface area contributed by atoms with Gasteiger partial charge in [0, 0.05) is 0 Å². The number of benzene rings is 1. The van der Waals surface area contributed by atoms with Gasteiger partial charge in [-0.1, -0.05) is 48.9 Å². The highest BCUT2D eigenvalue weighted by Crippen LogP contribution is 2.42. The van der Waals surface area contributed by atoms with Crippen LogP contribution in [0.15, 0.2) is 30.3 Å². The fourth-order valence-electron chi connectivity index (χ4n) is 1.19. The van der Waals surface area contributed by atoms with Crippen LogP contribution >= 0.6 is 27.5 Å². The summed E-state index contributed by atoms with van der Waals surface area (Å²) in [5, 5.41) is 9.96. The van der Waals surface area contributed by atoms with Crippen molar-refractivity contribution < 1.29 is 13.5 Å². The van der Waals surface area contributed by atoms with Gasteiger partial charge >= 0.3 is 0 Å². The maximum atomic E-state index is 11.7. The van der Waals surface area contributed by atoms with Crippen molar-refractivity contribution in [2.24, 2.45) is 0 Å². The van der Waals surface area contributed by atoms with Gasteiger partial charge in [-0.15, -0.1) is 0 Å². The van der Waals surface area contributed by atoms with E-state index in [1.54, 1.807) is 30.3 Å². The second-order valence-corrected chi connectivity index (χ2v) is 8.78. The quantitative estimate of drug-likeness (QED) is 0.864. The van der Waals surface area contributed by atoms with E-state index in [0.29, 0.717) is 5.56 Å². The molecule has 6 heteroatoms. The predicted molar refractivity (Wildman–Crippen MR) is 68.4 cm³/mol. The minimum absolute atomic E-state index is 0.147. The van der Waals surface area contributed by atoms with Crippen LogP contribution in [0.3, 0.4) is 0 Å². The van der Waals surface area contributed by atoms with E-state index in [1.807, 2.05) is 0 Å². The zero-order valence-corrected chi connectivity index (χ0v) is 11.8. The highest BCUT2D eigenvalue weighted by atomic mass is 79.9. The fourth-order valence-corrected chi connectivity index (χ4v) is 3.46. The number of hydrogen-bond acceptors (Lipinski definition) is 3. The maximum absolute atomic E-state index is 11.7. The maximum Gasteiger partial charge on any atom is 0.229 e. The van der Waals surface area contributed by atoms with Crippen molar-refractivity contribution in [2.45, 2.75) is 16.1 Å². The van der Waals surface area contributed by atoms with Gasteiger partial charge in [-0.05, 0) is 21.5 Å². The summed E-state index contributed by atoms with van der Waals surface area (Å²) >= 11 is 8.79. The van der Waals surface area contributed by atoms with Crippen LogP contribution in [-0.4, -0.2) is 22.4 Å². The standard InChI is InChI=1S/C10H12BrClO3S/c1-2-16(14,15)10(11,12)9(13)8-6-4-3-5-7-8/h3-7,9,13H,2H2,1H3/t9-,10-/m0/s1. The van der Waals surface area contributed by atoms with E-state index in [2.05, 4.69) is 15.9 Å². The van der Waals surface area contributed by atoms with Crippen LogP contribution in [-0.2, 0) is 9.84 Å². The zero-order valence-electron chi connectivity index (χ0n) is 8.60. The Hall–Kier alpha value is -0.100. The van der Waals surface area contributed by atoms with Crippen LogP contribution in [0, 0.1) is 0 Å². The molecule has 0 saturated carbocycles. The Labute approximate surface area is 108 Å². The van der Waals surface area contributed by atoms with E-state index in [0.717, 1.165) is 0 Å². The van der Waals surface area contributed by atoms with Gasteiger partial charge in [0.05, 0.1) is 5.75 Å². The number of aliphatic hydroxyl groups excluding tert-OH is 1. The molecule has 0 unspecified atom stereocenters. The molecule has 0 aliphatic carbocycles. The molecule has 2 atom stereocenters. The topological polar surface area (TPSA) is 54.4 Å². The lowest BCUT2D eigenvalue weighted by Gasteiger charge is -2.25. The molecule has 0 aliphatic rings. The monoisotopic (exact) mass is 326 g/mol. The molecule has 0 fully saturated rings. The first-order valence-electron chi connectivity index (χ1n) is 4.66. The van der Waals surface area contributed by atoms with Crippen LogP contribution in [0.5, 0.6) is 0 Å². The van der Waals surface area contributed by atoms with Crippen molar-refractivity contribution in [3.63, 3.8) is 0 Å². The summed E-state index contributed by atoms with van der Waals surface area (Å²) in [6, 6.07) is 8.42. The van der Waals surface area contributed by atoms with E-state index in [9.17, 15) is 13.5 Å². The summed E-state index contributed by atoms with van der Waals surface area (Å²) in [5.41, 5.74) is 0.450. The van der Waals surface area contributed by atoms with Crippen molar-refractivity contribution in [1.82, 2.24) is 0 Å². The number of hydrogen-bond donors (Lipinski definition) is 1. The molecule has 0 bridgehead atoms. The highest BCUT2D eigenvalue weighted by molar-refractivity contribution is 9.12. The Morgan fingerprint density at radius 2 is 1.94 bits per heavy atom. The van der Waals surface area contributed by atoms with E-state index in [-0.39, 0.29) is 5.75 Å². The SMILES string of the molecule is CCS(=O)(=O)[C@](Cl)(Br)[C@@H](O)c1ccccc1. The number of halogens is 2. The average Bonchev–Trinajstić information content (AvgIpc) is 2.29. The van der Waals surface area contributed by atoms with Gasteiger partial charge in [0.25, 0.3) is 0 Å². The van der Waals surface area contributed by atoms with Crippen molar-refractivity contribution in [3.8, 4) is 0 Å². The molecule has 3 nitrogen and oxygen atoms in total. The lowest BCUT2D eigenvalue weighted by molar-refractivity contribution is 0.185. The molecule has 1 aromatic rings. The molecule has 0 amide bonds. The van der Waals surface area contributed by atoms with Gasteiger partial charge in [-0.3, -0.25) is 0 Å². The first-order chi connectivity index (χ1) is 7.33. The van der Waals surface area contributed by atoms with Crippen LogP contribution in [0.25, 0.3) is 0 Å². The lowest BCUT2D eigenvalue weighted by Crippen LogP contribution is -2.34. The summed E-state index contributed by atoms with van der Waals surface area (Å²) in [7, 11) is -3.61. The van der Waals surface area contributed by atoms with Crippen molar-refractivity contribution in [3.05, 3.63) is 35.9 Å². The highest BCUT2D eigenvalue weighted by Gasteiger charge is 2.45. The first kappa shape index (κ1) is 14.0. The summed E-state index contributed by atoms with van der Waals surface area (Å²) in [6.07, 6.45) is -1.32. The third kappa shape index (κ3) is 2.59. The number of aliphatic hydroxyl groups is 1. The molecule has 1 aromatic carbocycles. The molecule has 90 valence electrons. The third-order valence-corrected chi connectivity index (χ3v) is 6.87. The Kier molecular flexibility index (Phi) is 4.40. The molecule has 1 rings (SSSR count). The molecule has 0 radical (unpaired) electrons. The van der Waals surface area contributed by atoms with Gasteiger partial charge in [0.1, 0.15) is 6.10 Å². The summed E-state index contributed by atoms with van der Waals surface area (Å²) in [5.74, 6) is -0.147. The van der Waals surface area contributed by atoms with E-state index in [4.69, 9.17) is 11.6 Å². The second kappa shape index (κ2) is 5.04. The number of alkyl halides is 2. The van der Waals surface area contributed by atoms with E-state index in [1.165, 1.54) is 6.92 Å². The van der Waals surface area contributed by atoms with Crippen molar-refractivity contribution in [2.75, 3.05) is 5.75 Å². The van der Waals surface area contributed by atoms with Crippen molar-refractivity contribution in [1.29, 1.82) is 0 Å². The van der Waals surface area contributed by atoms with Gasteiger partial charge < -0.3 is 5.11 Å². The Balaban J connectivity index is 3.11. The molecular weight excluding hydrogens is 316 g/mol. The molecule has 0 spiro atoms. The van der Waals surface area contributed by atoms with Crippen molar-refractivity contribution >= 4 is 37.4 Å². The second-order valence-electron chi connectivity index (χ2n) is 3.28. The van der Waals surface area contributed by atoms with Crippen LogP contribution in [0.4, 0.5) is 0 Å². The lowest BCUT2D eigenvalue weighted by atomic mass is 10.1. The molecule has 0 aliphatic heterocycles. The number of rotatable bonds is 4. The Morgan fingerprint density at radius 3 is 2.38 bits per heavy atom. The molecular formula is C10H12BrClO3S. The predicted octanol–water partition coefficient (Wildman–Crippen LogP) is 2.44. The van der Waals surface area contributed by atoms with Gasteiger partial charge in [0.15, 0.2) is 9.84 Å². The largest absolute Gasteiger partial charge is 0.385 e. The van der Waals surface area contributed by atoms with E-state index >= 15 is 0 Å². The Bertz CT molecular complexity index is 444. The van der Waals surface area contributed by atoms with Crippen LogP contribution in [0.2, 0.25) is 0 Å². The minimum atomic E-state index is -3.61. The smallest absolute Gasteiger partial charge is 0.229 e. The average molecular weight is 328 g/mol. The van der Waals surface area contributed by atoms with Gasteiger partial charge in [0.2, 0.25) is 3.12 Å². The minimum Gasteiger partial charge on any atom is -0.385 e. The summed E-state index contributed by atoms with van der Waals surface area (Å²) in [6.45, 7) is 1.48. The molecule has 0 aromatic heterocycles. The first-order valence-corrected chi connectivity index (χ1v) is 7.48. The summed E-state index contributed by atoms with van der Waals surface area (Å²) < 4.78 is 21.5. The molecule has 0 saturated heterocycles. The van der Waals surface area contributed by atoms with Gasteiger partial charge in [-0.2, -0.15) is 0 Å². The normalized spacial score (nSPS) is 17.8. The van der Waals surface area contributed by atoms with Crippen LogP contribution < -0.4 is 0 Å². The zero-order chi connectivity index (χ0) is 12.4. The van der Waals surface area contributed by atoms with E-state index < -0.39 is 19.1 Å². The molecule has 0 heterocycles. The summed E-state index contributed by atoms with van der Waals surface area (Å²) in [4.78, 5) is 0. The number of sulfone groups is 1. The molecule has 1 N–H and O–H groups in total. The third-order valence-electron chi connectivity index (χ3n) is 2.23. The fraction of sp³-hybridized carbons (Fsp3) is 0.400.